The Balaban J connectivity index is 0.945. The first-order valence-corrected chi connectivity index (χ1v) is 30.9. The van der Waals surface area contributed by atoms with Gasteiger partial charge in [0.1, 0.15) is 34.0 Å². The van der Waals surface area contributed by atoms with Gasteiger partial charge in [-0.25, -0.2) is 0 Å². The Hall–Kier alpha value is -10.8. The standard InChI is InChI=1S/C82H62BN3O3/c1-81(2,3)60-32-38-63(39-33-60)86-71-41-34-61(82(4,5)6)48-68(71)83-67-44-59(79-47-57-19-10-14-25-76(57)89-79)31-40-70(67)85(62-35-28-52(29-36-62)77-45-55-17-8-12-23-74(55)87-77)72-49-65(50-73(86)80(72)83)84(69-22-15-20-51-16-7-11-21-66(51)69)64-37-30-53-42-58(27-26-54(53)43-64)78-46-56-18-9-13-24-75(56)88-78/h7-50H,1-6H3. The third kappa shape index (κ3) is 8.78. The van der Waals surface area contributed by atoms with Crippen molar-refractivity contribution in [3.63, 3.8) is 0 Å². The molecule has 0 N–H and O–H groups in total. The number of furan rings is 3. The van der Waals surface area contributed by atoms with Crippen LogP contribution in [0.2, 0.25) is 0 Å². The van der Waals surface area contributed by atoms with Crippen LogP contribution in [0.15, 0.2) is 280 Å². The van der Waals surface area contributed by atoms with E-state index in [9.17, 15) is 0 Å². The second kappa shape index (κ2) is 19.9. The van der Waals surface area contributed by atoms with Crippen molar-refractivity contribution < 1.29 is 13.3 Å². The van der Waals surface area contributed by atoms with Crippen LogP contribution in [0.1, 0.15) is 52.7 Å². The van der Waals surface area contributed by atoms with Gasteiger partial charge in [-0.05, 0) is 182 Å². The number of rotatable bonds is 8. The van der Waals surface area contributed by atoms with E-state index in [4.69, 9.17) is 13.3 Å². The summed E-state index contributed by atoms with van der Waals surface area (Å²) < 4.78 is 19.7. The van der Waals surface area contributed by atoms with Gasteiger partial charge in [-0.2, -0.15) is 0 Å². The largest absolute Gasteiger partial charge is 0.456 e. The van der Waals surface area contributed by atoms with Crippen LogP contribution in [0, 0.1) is 0 Å². The summed E-state index contributed by atoms with van der Waals surface area (Å²) in [5.41, 5.74) is 21.4. The van der Waals surface area contributed by atoms with E-state index in [2.05, 4.69) is 293 Å². The number of hydrogen-bond acceptors (Lipinski definition) is 6. The average molecular weight is 1150 g/mol. The molecule has 89 heavy (non-hydrogen) atoms. The van der Waals surface area contributed by atoms with Crippen molar-refractivity contribution in [2.45, 2.75) is 52.4 Å². The Kier molecular flexibility index (Phi) is 11.7. The maximum Gasteiger partial charge on any atom is 0.252 e. The number of benzene rings is 12. The van der Waals surface area contributed by atoms with Gasteiger partial charge in [0, 0.05) is 78.0 Å². The van der Waals surface area contributed by atoms with Crippen LogP contribution in [0.5, 0.6) is 0 Å². The van der Waals surface area contributed by atoms with Crippen LogP contribution in [-0.4, -0.2) is 6.71 Å². The molecule has 17 rings (SSSR count). The van der Waals surface area contributed by atoms with Crippen molar-refractivity contribution in [2.75, 3.05) is 14.7 Å². The first kappa shape index (κ1) is 52.6. The van der Waals surface area contributed by atoms with E-state index in [0.717, 1.165) is 140 Å². The third-order valence-electron chi connectivity index (χ3n) is 18.5. The molecule has 2 aliphatic rings. The van der Waals surface area contributed by atoms with E-state index in [1.54, 1.807) is 0 Å². The summed E-state index contributed by atoms with van der Waals surface area (Å²) in [5, 5.41) is 7.80. The molecule has 7 heteroatoms. The molecular weight excluding hydrogens is 1090 g/mol. The second-order valence-electron chi connectivity index (χ2n) is 26.2. The molecule has 0 unspecified atom stereocenters. The fourth-order valence-corrected chi connectivity index (χ4v) is 13.9. The van der Waals surface area contributed by atoms with Crippen LogP contribution in [0.25, 0.3) is 88.4 Å². The molecule has 0 radical (unpaired) electrons. The zero-order valence-electron chi connectivity index (χ0n) is 50.5. The Bertz CT molecular complexity index is 5220. The highest BCUT2D eigenvalue weighted by Gasteiger charge is 2.45. The molecule has 5 heterocycles. The third-order valence-corrected chi connectivity index (χ3v) is 18.5. The zero-order chi connectivity index (χ0) is 59.9. The minimum absolute atomic E-state index is 0.0420. The summed E-state index contributed by atoms with van der Waals surface area (Å²) in [5.74, 6) is 2.52. The van der Waals surface area contributed by atoms with E-state index in [1.165, 1.54) is 27.5 Å². The number of hydrogen-bond donors (Lipinski definition) is 0. The smallest absolute Gasteiger partial charge is 0.252 e. The molecule has 0 atom stereocenters. The first-order valence-electron chi connectivity index (χ1n) is 30.9. The van der Waals surface area contributed by atoms with Gasteiger partial charge in [-0.15, -0.1) is 0 Å². The molecule has 0 fully saturated rings. The summed E-state index contributed by atoms with van der Waals surface area (Å²) >= 11 is 0. The zero-order valence-corrected chi connectivity index (χ0v) is 50.5. The molecule has 426 valence electrons. The van der Waals surface area contributed by atoms with E-state index >= 15 is 0 Å². The Morgan fingerprint density at radius 1 is 0.326 bits per heavy atom. The van der Waals surface area contributed by atoms with Gasteiger partial charge in [0.2, 0.25) is 0 Å². The normalized spacial score (nSPS) is 13.0. The maximum atomic E-state index is 6.73. The van der Waals surface area contributed by atoms with E-state index in [-0.39, 0.29) is 17.5 Å². The van der Waals surface area contributed by atoms with Gasteiger partial charge in [0.15, 0.2) is 0 Å². The lowest BCUT2D eigenvalue weighted by Gasteiger charge is -2.45. The fraction of sp³-hybridized carbons (Fsp3) is 0.0976. The number of nitrogens with zero attached hydrogens (tertiary/aromatic N) is 3. The van der Waals surface area contributed by atoms with Gasteiger partial charge < -0.3 is 28.0 Å². The second-order valence-corrected chi connectivity index (χ2v) is 26.2. The van der Waals surface area contributed by atoms with Crippen LogP contribution < -0.4 is 31.1 Å². The maximum absolute atomic E-state index is 6.73. The molecule has 0 bridgehead atoms. The quantitative estimate of drug-likeness (QED) is 0.141. The lowest BCUT2D eigenvalue weighted by atomic mass is 9.33. The summed E-state index contributed by atoms with van der Waals surface area (Å²) in [7, 11) is 0. The SMILES string of the molecule is CC(C)(C)c1ccc(N2c3ccc(C(C)(C)C)cc3B3c4cc(-c5cc6ccccc6o5)ccc4N(c4ccc(-c5cc6ccccc6o5)cc4)c4cc(N(c5ccc6cc(-c7cc8ccccc8o7)ccc6c5)c5cccc6ccccc56)cc2c43)cc1. The first-order chi connectivity index (χ1) is 43.3. The number of para-hydroxylation sites is 3. The predicted molar refractivity (Wildman–Crippen MR) is 373 cm³/mol. The van der Waals surface area contributed by atoms with Gasteiger partial charge in [-0.3, -0.25) is 0 Å². The molecule has 15 aromatic rings. The minimum Gasteiger partial charge on any atom is -0.456 e. The van der Waals surface area contributed by atoms with Gasteiger partial charge in [-0.1, -0.05) is 181 Å². The highest BCUT2D eigenvalue weighted by atomic mass is 16.3. The van der Waals surface area contributed by atoms with E-state index in [0.29, 0.717) is 0 Å². The van der Waals surface area contributed by atoms with Crippen molar-refractivity contribution in [1.29, 1.82) is 0 Å². The summed E-state index contributed by atoms with van der Waals surface area (Å²) in [6, 6.07) is 97.7. The minimum atomic E-state index is -0.186. The Labute approximate surface area is 518 Å². The Morgan fingerprint density at radius 3 is 1.38 bits per heavy atom. The van der Waals surface area contributed by atoms with Crippen LogP contribution in [-0.2, 0) is 10.8 Å². The Morgan fingerprint density at radius 2 is 0.787 bits per heavy atom. The van der Waals surface area contributed by atoms with Crippen molar-refractivity contribution >= 4 is 129 Å². The number of fused-ring (bicyclic) bond motifs is 9. The van der Waals surface area contributed by atoms with Gasteiger partial charge >= 0.3 is 0 Å². The number of anilines is 9. The van der Waals surface area contributed by atoms with Crippen LogP contribution in [0.4, 0.5) is 51.2 Å². The van der Waals surface area contributed by atoms with Gasteiger partial charge in [0.05, 0.1) is 11.4 Å². The molecular formula is C82H62BN3O3. The monoisotopic (exact) mass is 1150 g/mol. The molecule has 12 aromatic carbocycles. The lowest BCUT2D eigenvalue weighted by Crippen LogP contribution is -2.61. The van der Waals surface area contributed by atoms with Crippen molar-refractivity contribution in [2.24, 2.45) is 0 Å². The van der Waals surface area contributed by atoms with E-state index < -0.39 is 0 Å². The lowest BCUT2D eigenvalue weighted by molar-refractivity contribution is 0.590. The van der Waals surface area contributed by atoms with Gasteiger partial charge in [0.25, 0.3) is 6.71 Å². The molecule has 6 nitrogen and oxygen atoms in total. The molecule has 2 aliphatic heterocycles. The summed E-state index contributed by atoms with van der Waals surface area (Å²) in [6.07, 6.45) is 0. The predicted octanol–water partition coefficient (Wildman–Crippen LogP) is 21.4. The molecule has 0 amide bonds. The van der Waals surface area contributed by atoms with Crippen molar-refractivity contribution in [1.82, 2.24) is 0 Å². The topological polar surface area (TPSA) is 49.1 Å². The summed E-state index contributed by atoms with van der Waals surface area (Å²) in [6.45, 7) is 13.7. The highest BCUT2D eigenvalue weighted by molar-refractivity contribution is 7.00. The summed E-state index contributed by atoms with van der Waals surface area (Å²) in [4.78, 5) is 7.55. The van der Waals surface area contributed by atoms with Crippen molar-refractivity contribution in [3.05, 3.63) is 278 Å². The fourth-order valence-electron chi connectivity index (χ4n) is 13.9. The van der Waals surface area contributed by atoms with Crippen molar-refractivity contribution in [3.8, 4) is 34.0 Å². The average Bonchev–Trinajstić information content (AvgIpc) is 1.25. The molecule has 0 spiro atoms. The molecule has 0 saturated heterocycles. The van der Waals surface area contributed by atoms with Crippen LogP contribution >= 0.6 is 0 Å². The highest BCUT2D eigenvalue weighted by Crippen LogP contribution is 2.51. The molecule has 0 aliphatic carbocycles. The van der Waals surface area contributed by atoms with Crippen LogP contribution in [0.3, 0.4) is 0 Å². The molecule has 3 aromatic heterocycles. The van der Waals surface area contributed by atoms with E-state index in [1.807, 2.05) is 30.3 Å². The molecule has 0 saturated carbocycles.